The van der Waals surface area contributed by atoms with Crippen LogP contribution in [-0.2, 0) is 13.1 Å². The molecule has 0 saturated carbocycles. The van der Waals surface area contributed by atoms with E-state index >= 15 is 0 Å². The van der Waals surface area contributed by atoms with E-state index in [9.17, 15) is 4.79 Å². The summed E-state index contributed by atoms with van der Waals surface area (Å²) < 4.78 is 12.9. The average molecular weight is 441 g/mol. The summed E-state index contributed by atoms with van der Waals surface area (Å²) in [5.41, 5.74) is 2.70. The van der Waals surface area contributed by atoms with Gasteiger partial charge < -0.3 is 18.9 Å². The molecule has 0 fully saturated rings. The highest BCUT2D eigenvalue weighted by molar-refractivity contribution is 6.30. The molecule has 3 aromatic rings. The highest BCUT2D eigenvalue weighted by atomic mass is 35.5. The Morgan fingerprint density at radius 2 is 1.90 bits per heavy atom. The highest BCUT2D eigenvalue weighted by Crippen LogP contribution is 2.27. The number of rotatable bonds is 9. The number of carbonyl (C=O) groups is 1. The van der Waals surface area contributed by atoms with Gasteiger partial charge in [0.2, 0.25) is 0 Å². The fraction of sp³-hybridized carbons (Fsp3) is 0.320. The van der Waals surface area contributed by atoms with Gasteiger partial charge in [-0.05, 0) is 55.3 Å². The highest BCUT2D eigenvalue weighted by Gasteiger charge is 2.25. The summed E-state index contributed by atoms with van der Waals surface area (Å²) in [6, 6.07) is 17.2. The molecule has 0 bridgehead atoms. The van der Waals surface area contributed by atoms with Gasteiger partial charge in [0.1, 0.15) is 11.5 Å². The van der Waals surface area contributed by atoms with Gasteiger partial charge in [-0.1, -0.05) is 30.7 Å². The lowest BCUT2D eigenvalue weighted by molar-refractivity contribution is 0.0663. The lowest BCUT2D eigenvalue weighted by Gasteiger charge is -2.30. The maximum Gasteiger partial charge on any atom is 0.258 e. The van der Waals surface area contributed by atoms with E-state index in [4.69, 9.17) is 21.1 Å². The SMILES string of the molecule is CCC(C)N(Cc1cccn1Cc1cccc(Cl)c1)C(=O)c1ccc(OC)cc1OC. The summed E-state index contributed by atoms with van der Waals surface area (Å²) in [5, 5.41) is 0.717. The van der Waals surface area contributed by atoms with E-state index in [1.165, 1.54) is 0 Å². The zero-order valence-corrected chi connectivity index (χ0v) is 19.2. The summed E-state index contributed by atoms with van der Waals surface area (Å²) in [7, 11) is 3.16. The lowest BCUT2D eigenvalue weighted by atomic mass is 10.1. The maximum atomic E-state index is 13.5. The molecule has 5 nitrogen and oxygen atoms in total. The normalized spacial score (nSPS) is 11.8. The molecule has 2 aromatic carbocycles. The summed E-state index contributed by atoms with van der Waals surface area (Å²) in [4.78, 5) is 15.4. The van der Waals surface area contributed by atoms with E-state index in [2.05, 4.69) is 30.5 Å². The van der Waals surface area contributed by atoms with E-state index in [-0.39, 0.29) is 11.9 Å². The first-order valence-electron chi connectivity index (χ1n) is 10.4. The minimum Gasteiger partial charge on any atom is -0.497 e. The summed E-state index contributed by atoms with van der Waals surface area (Å²) >= 11 is 6.15. The van der Waals surface area contributed by atoms with Gasteiger partial charge in [0.25, 0.3) is 5.91 Å². The molecule has 3 rings (SSSR count). The number of ether oxygens (including phenoxy) is 2. The van der Waals surface area contributed by atoms with Crippen LogP contribution in [0.15, 0.2) is 60.8 Å². The van der Waals surface area contributed by atoms with Gasteiger partial charge in [0, 0.05) is 35.6 Å². The van der Waals surface area contributed by atoms with Crippen LogP contribution in [0.3, 0.4) is 0 Å². The van der Waals surface area contributed by atoms with Gasteiger partial charge in [-0.3, -0.25) is 4.79 Å². The molecule has 0 aliphatic heterocycles. The van der Waals surface area contributed by atoms with Crippen molar-refractivity contribution in [3.63, 3.8) is 0 Å². The Labute approximate surface area is 189 Å². The van der Waals surface area contributed by atoms with E-state index < -0.39 is 0 Å². The monoisotopic (exact) mass is 440 g/mol. The first-order valence-corrected chi connectivity index (χ1v) is 10.8. The molecule has 1 atom stereocenters. The Kier molecular flexibility index (Phi) is 7.64. The van der Waals surface area contributed by atoms with Crippen molar-refractivity contribution < 1.29 is 14.3 Å². The molecule has 164 valence electrons. The topological polar surface area (TPSA) is 43.7 Å². The van der Waals surface area contributed by atoms with Crippen molar-refractivity contribution in [1.29, 1.82) is 0 Å². The average Bonchev–Trinajstić information content (AvgIpc) is 3.22. The molecule has 6 heteroatoms. The third-order valence-corrected chi connectivity index (χ3v) is 5.76. The minimum atomic E-state index is -0.0654. The molecule has 0 aliphatic rings. The Hall–Kier alpha value is -2.92. The standard InChI is InChI=1S/C25H29ClN2O3/c1-5-18(2)28(25(29)23-12-11-22(30-3)15-24(23)31-4)17-21-10-7-13-27(21)16-19-8-6-9-20(26)14-19/h6-15,18H,5,16-17H2,1-4H3. The molecular formula is C25H29ClN2O3. The lowest BCUT2D eigenvalue weighted by Crippen LogP contribution is -2.38. The van der Waals surface area contributed by atoms with Crippen molar-refractivity contribution in [3.05, 3.63) is 82.6 Å². The van der Waals surface area contributed by atoms with E-state index in [1.807, 2.05) is 35.4 Å². The van der Waals surface area contributed by atoms with E-state index in [1.54, 1.807) is 32.4 Å². The molecule has 31 heavy (non-hydrogen) atoms. The van der Waals surface area contributed by atoms with Crippen LogP contribution in [-0.4, -0.2) is 35.6 Å². The first kappa shape index (κ1) is 22.8. The molecule has 1 amide bonds. The second kappa shape index (κ2) is 10.4. The number of carbonyl (C=O) groups excluding carboxylic acids is 1. The van der Waals surface area contributed by atoms with Crippen LogP contribution in [0.1, 0.15) is 41.9 Å². The van der Waals surface area contributed by atoms with Crippen molar-refractivity contribution in [2.45, 2.75) is 39.4 Å². The zero-order valence-electron chi connectivity index (χ0n) is 18.5. The number of nitrogens with zero attached hydrogens (tertiary/aromatic N) is 2. The second-order valence-electron chi connectivity index (χ2n) is 7.51. The van der Waals surface area contributed by atoms with E-state index in [0.717, 1.165) is 17.7 Å². The molecular weight excluding hydrogens is 412 g/mol. The largest absolute Gasteiger partial charge is 0.497 e. The van der Waals surface area contributed by atoms with Gasteiger partial charge in [-0.25, -0.2) is 0 Å². The van der Waals surface area contributed by atoms with Crippen LogP contribution < -0.4 is 9.47 Å². The number of benzene rings is 2. The Bertz CT molecular complexity index is 1030. The van der Waals surface area contributed by atoms with Gasteiger partial charge in [0.15, 0.2) is 0 Å². The molecule has 1 heterocycles. The quantitative estimate of drug-likeness (QED) is 0.432. The molecule has 0 aliphatic carbocycles. The molecule has 0 radical (unpaired) electrons. The van der Waals surface area contributed by atoms with Gasteiger partial charge >= 0.3 is 0 Å². The third-order valence-electron chi connectivity index (χ3n) is 5.52. The van der Waals surface area contributed by atoms with Crippen LogP contribution >= 0.6 is 11.6 Å². The maximum absolute atomic E-state index is 13.5. The molecule has 0 N–H and O–H groups in total. The molecule has 1 aromatic heterocycles. The third kappa shape index (κ3) is 5.42. The number of amides is 1. The van der Waals surface area contributed by atoms with Crippen molar-refractivity contribution in [2.24, 2.45) is 0 Å². The van der Waals surface area contributed by atoms with Crippen molar-refractivity contribution in [3.8, 4) is 11.5 Å². The second-order valence-corrected chi connectivity index (χ2v) is 7.95. The van der Waals surface area contributed by atoms with Crippen LogP contribution in [0.25, 0.3) is 0 Å². The van der Waals surface area contributed by atoms with E-state index in [0.29, 0.717) is 35.2 Å². The minimum absolute atomic E-state index is 0.0637. The van der Waals surface area contributed by atoms with Gasteiger partial charge in [-0.15, -0.1) is 0 Å². The van der Waals surface area contributed by atoms with Crippen molar-refractivity contribution in [2.75, 3.05) is 14.2 Å². The first-order chi connectivity index (χ1) is 15.0. The number of hydrogen-bond acceptors (Lipinski definition) is 3. The number of aromatic nitrogens is 1. The van der Waals surface area contributed by atoms with Gasteiger partial charge in [0.05, 0.1) is 26.3 Å². The summed E-state index contributed by atoms with van der Waals surface area (Å²) in [5.74, 6) is 1.09. The predicted octanol–water partition coefficient (Wildman–Crippen LogP) is 5.65. The fourth-order valence-electron chi connectivity index (χ4n) is 3.53. The number of halogens is 1. The van der Waals surface area contributed by atoms with Crippen LogP contribution in [0.5, 0.6) is 11.5 Å². The number of hydrogen-bond donors (Lipinski definition) is 0. The molecule has 0 saturated heterocycles. The van der Waals surface area contributed by atoms with Crippen LogP contribution in [0, 0.1) is 0 Å². The van der Waals surface area contributed by atoms with Crippen LogP contribution in [0.2, 0.25) is 5.02 Å². The van der Waals surface area contributed by atoms with Crippen molar-refractivity contribution >= 4 is 17.5 Å². The summed E-state index contributed by atoms with van der Waals surface area (Å²) in [6.07, 6.45) is 2.88. The zero-order chi connectivity index (χ0) is 22.4. The predicted molar refractivity (Wildman–Crippen MR) is 124 cm³/mol. The molecule has 1 unspecified atom stereocenters. The smallest absolute Gasteiger partial charge is 0.258 e. The van der Waals surface area contributed by atoms with Crippen LogP contribution in [0.4, 0.5) is 0 Å². The Morgan fingerprint density at radius 1 is 1.10 bits per heavy atom. The Morgan fingerprint density at radius 3 is 2.58 bits per heavy atom. The summed E-state index contributed by atoms with van der Waals surface area (Å²) in [6.45, 7) is 5.34. The number of methoxy groups -OCH3 is 2. The fourth-order valence-corrected chi connectivity index (χ4v) is 3.74. The Balaban J connectivity index is 1.88. The van der Waals surface area contributed by atoms with Crippen molar-refractivity contribution in [1.82, 2.24) is 9.47 Å². The van der Waals surface area contributed by atoms with Gasteiger partial charge in [-0.2, -0.15) is 0 Å². The molecule has 0 spiro atoms.